The highest BCUT2D eigenvalue weighted by Crippen LogP contribution is 2.42. The van der Waals surface area contributed by atoms with Crippen molar-refractivity contribution in [2.75, 3.05) is 18.6 Å². The Hall–Kier alpha value is -4.33. The zero-order valence-electron chi connectivity index (χ0n) is 19.1. The first-order valence-corrected chi connectivity index (χ1v) is 10.6. The highest BCUT2D eigenvalue weighted by molar-refractivity contribution is 6.51. The number of aliphatic hydroxyl groups is 1. The second-order valence-electron chi connectivity index (χ2n) is 7.82. The van der Waals surface area contributed by atoms with Gasteiger partial charge < -0.3 is 19.1 Å². The molecule has 2 aromatic carbocycles. The number of hydrogen-bond acceptors (Lipinski definition) is 7. The molecular formula is C26H24N2O6. The molecule has 34 heavy (non-hydrogen) atoms. The minimum atomic E-state index is -0.916. The number of rotatable bonds is 7. The van der Waals surface area contributed by atoms with Gasteiger partial charge in [-0.3, -0.25) is 14.5 Å². The van der Waals surface area contributed by atoms with E-state index in [1.807, 2.05) is 6.92 Å². The quantitative estimate of drug-likeness (QED) is 0.240. The van der Waals surface area contributed by atoms with Crippen LogP contribution in [0.25, 0.3) is 5.76 Å². The van der Waals surface area contributed by atoms with Gasteiger partial charge in [-0.25, -0.2) is 0 Å². The third kappa shape index (κ3) is 4.05. The van der Waals surface area contributed by atoms with Gasteiger partial charge in [-0.15, -0.1) is 0 Å². The predicted molar refractivity (Wildman–Crippen MR) is 126 cm³/mol. The monoisotopic (exact) mass is 460 g/mol. The molecule has 0 bridgehead atoms. The third-order valence-corrected chi connectivity index (χ3v) is 5.54. The van der Waals surface area contributed by atoms with Crippen LogP contribution in [-0.4, -0.2) is 35.7 Å². The van der Waals surface area contributed by atoms with Gasteiger partial charge in [0.05, 0.1) is 18.7 Å². The first-order chi connectivity index (χ1) is 16.3. The predicted octanol–water partition coefficient (Wildman–Crippen LogP) is 4.49. The van der Waals surface area contributed by atoms with Crippen molar-refractivity contribution < 1.29 is 28.7 Å². The molecule has 3 aromatic rings. The van der Waals surface area contributed by atoms with Crippen LogP contribution in [-0.2, 0) is 9.59 Å². The van der Waals surface area contributed by atoms with E-state index in [4.69, 9.17) is 14.0 Å². The number of ketones is 1. The van der Waals surface area contributed by atoms with Crippen molar-refractivity contribution in [2.45, 2.75) is 19.9 Å². The summed E-state index contributed by atoms with van der Waals surface area (Å²) in [5, 5.41) is 15.2. The molecule has 1 fully saturated rings. The number of aryl methyl sites for hydroxylation is 2. The van der Waals surface area contributed by atoms with Crippen molar-refractivity contribution in [2.24, 2.45) is 0 Å². The van der Waals surface area contributed by atoms with Crippen molar-refractivity contribution in [3.05, 3.63) is 89.2 Å². The third-order valence-electron chi connectivity index (χ3n) is 5.54. The number of amides is 1. The van der Waals surface area contributed by atoms with E-state index in [2.05, 4.69) is 11.7 Å². The van der Waals surface area contributed by atoms with Crippen molar-refractivity contribution in [3.8, 4) is 11.5 Å². The fourth-order valence-corrected chi connectivity index (χ4v) is 3.93. The van der Waals surface area contributed by atoms with Gasteiger partial charge in [-0.2, -0.15) is 0 Å². The molecule has 1 unspecified atom stereocenters. The molecule has 1 atom stereocenters. The summed E-state index contributed by atoms with van der Waals surface area (Å²) in [6, 6.07) is 12.6. The molecule has 1 amide bonds. The van der Waals surface area contributed by atoms with Gasteiger partial charge in [0.1, 0.15) is 29.6 Å². The van der Waals surface area contributed by atoms with Crippen LogP contribution in [0.4, 0.5) is 5.82 Å². The molecule has 1 aliphatic heterocycles. The van der Waals surface area contributed by atoms with E-state index >= 15 is 0 Å². The first kappa shape index (κ1) is 22.8. The number of nitrogens with zero attached hydrogens (tertiary/aromatic N) is 2. The minimum Gasteiger partial charge on any atom is -0.507 e. The van der Waals surface area contributed by atoms with Gasteiger partial charge in [0.2, 0.25) is 0 Å². The lowest BCUT2D eigenvalue weighted by atomic mass is 9.94. The molecule has 0 radical (unpaired) electrons. The van der Waals surface area contributed by atoms with E-state index in [0.717, 1.165) is 5.56 Å². The van der Waals surface area contributed by atoms with Crippen molar-refractivity contribution in [1.29, 1.82) is 0 Å². The highest BCUT2D eigenvalue weighted by Gasteiger charge is 2.48. The number of carbonyl (C=O) groups is 2. The number of aliphatic hydroxyl groups excluding tert-OH is 1. The summed E-state index contributed by atoms with van der Waals surface area (Å²) in [4.78, 5) is 27.5. The van der Waals surface area contributed by atoms with Gasteiger partial charge in [0.15, 0.2) is 5.82 Å². The van der Waals surface area contributed by atoms with Crippen LogP contribution in [0.5, 0.6) is 11.5 Å². The van der Waals surface area contributed by atoms with Crippen LogP contribution in [0.1, 0.15) is 28.5 Å². The number of anilines is 1. The fraction of sp³-hybridized carbons (Fsp3) is 0.192. The Morgan fingerprint density at radius 3 is 2.50 bits per heavy atom. The highest BCUT2D eigenvalue weighted by atomic mass is 16.5. The van der Waals surface area contributed by atoms with Crippen molar-refractivity contribution >= 4 is 23.3 Å². The molecule has 4 rings (SSSR count). The number of methoxy groups -OCH3 is 1. The van der Waals surface area contributed by atoms with Crippen LogP contribution in [0, 0.1) is 13.8 Å². The normalized spacial score (nSPS) is 17.1. The largest absolute Gasteiger partial charge is 0.507 e. The van der Waals surface area contributed by atoms with Crippen LogP contribution in [0.2, 0.25) is 0 Å². The first-order valence-electron chi connectivity index (χ1n) is 10.6. The number of carbonyl (C=O) groups excluding carboxylic acids is 2. The Balaban J connectivity index is 1.87. The molecule has 1 saturated heterocycles. The maximum atomic E-state index is 13.2. The summed E-state index contributed by atoms with van der Waals surface area (Å²) in [5.74, 6) is -0.00831. The van der Waals surface area contributed by atoms with E-state index in [1.54, 1.807) is 68.6 Å². The molecular weight excluding hydrogens is 436 g/mol. The molecule has 0 saturated carbocycles. The molecule has 0 spiro atoms. The Morgan fingerprint density at radius 2 is 1.91 bits per heavy atom. The molecule has 8 heteroatoms. The van der Waals surface area contributed by atoms with Gasteiger partial charge in [0.25, 0.3) is 5.78 Å². The molecule has 1 N–H and O–H groups in total. The van der Waals surface area contributed by atoms with E-state index in [0.29, 0.717) is 35.0 Å². The Bertz CT molecular complexity index is 1290. The Labute approximate surface area is 196 Å². The minimum absolute atomic E-state index is 0.0463. The van der Waals surface area contributed by atoms with Gasteiger partial charge >= 0.3 is 5.91 Å². The molecule has 1 aliphatic rings. The van der Waals surface area contributed by atoms with E-state index in [1.165, 1.54) is 4.90 Å². The van der Waals surface area contributed by atoms with Crippen LogP contribution >= 0.6 is 0 Å². The standard InChI is InChI=1S/C26H24N2O6/c1-5-12-33-19-9-6-17(7-10-19)23-22(24(29)18-8-11-20(32-4)15(2)13-18)25(30)26(31)28(23)21-14-16(3)34-27-21/h5-11,13-14,23,29H,1,12H2,2-4H3/b24-22+. The van der Waals surface area contributed by atoms with Gasteiger partial charge in [-0.1, -0.05) is 29.9 Å². The second kappa shape index (κ2) is 9.27. The zero-order valence-corrected chi connectivity index (χ0v) is 19.1. The Morgan fingerprint density at radius 1 is 1.18 bits per heavy atom. The summed E-state index contributed by atoms with van der Waals surface area (Å²) in [7, 11) is 1.55. The van der Waals surface area contributed by atoms with Crippen molar-refractivity contribution in [1.82, 2.24) is 5.16 Å². The number of ether oxygens (including phenoxy) is 2. The summed E-state index contributed by atoms with van der Waals surface area (Å²) in [6.07, 6.45) is 1.63. The maximum Gasteiger partial charge on any atom is 0.301 e. The summed E-state index contributed by atoms with van der Waals surface area (Å²) in [6.45, 7) is 7.48. The van der Waals surface area contributed by atoms with Gasteiger partial charge in [-0.05, 0) is 55.3 Å². The SMILES string of the molecule is C=CCOc1ccc(C2/C(=C(\O)c3ccc(OC)c(C)c3)C(=O)C(=O)N2c2cc(C)on2)cc1. The zero-order chi connectivity index (χ0) is 24.4. The number of hydrogen-bond donors (Lipinski definition) is 1. The second-order valence-corrected chi connectivity index (χ2v) is 7.82. The fourth-order valence-electron chi connectivity index (χ4n) is 3.93. The van der Waals surface area contributed by atoms with E-state index in [9.17, 15) is 14.7 Å². The molecule has 0 aliphatic carbocycles. The molecule has 174 valence electrons. The Kier molecular flexibility index (Phi) is 6.23. The lowest BCUT2D eigenvalue weighted by Gasteiger charge is -2.23. The number of Topliss-reactive ketones (excluding diaryl/α,β-unsaturated/α-hetero) is 1. The van der Waals surface area contributed by atoms with E-state index in [-0.39, 0.29) is 17.2 Å². The topological polar surface area (TPSA) is 102 Å². The average Bonchev–Trinajstić information content (AvgIpc) is 3.38. The van der Waals surface area contributed by atoms with Gasteiger partial charge in [0, 0.05) is 11.6 Å². The van der Waals surface area contributed by atoms with E-state index < -0.39 is 17.7 Å². The summed E-state index contributed by atoms with van der Waals surface area (Å²) in [5.41, 5.74) is 1.71. The number of aromatic nitrogens is 1. The average molecular weight is 460 g/mol. The lowest BCUT2D eigenvalue weighted by molar-refractivity contribution is -0.132. The molecule has 2 heterocycles. The van der Waals surface area contributed by atoms with Crippen molar-refractivity contribution in [3.63, 3.8) is 0 Å². The summed E-state index contributed by atoms with van der Waals surface area (Å²) < 4.78 is 16.0. The number of benzene rings is 2. The van der Waals surface area contributed by atoms with Crippen LogP contribution in [0.15, 0.2) is 71.3 Å². The maximum absolute atomic E-state index is 13.2. The lowest BCUT2D eigenvalue weighted by Crippen LogP contribution is -2.29. The smallest absolute Gasteiger partial charge is 0.301 e. The molecule has 8 nitrogen and oxygen atoms in total. The summed E-state index contributed by atoms with van der Waals surface area (Å²) >= 11 is 0. The molecule has 1 aromatic heterocycles. The van der Waals surface area contributed by atoms with Crippen LogP contribution in [0.3, 0.4) is 0 Å². The van der Waals surface area contributed by atoms with Crippen LogP contribution < -0.4 is 14.4 Å².